The molecular weight excluding hydrogens is 392 g/mol. The fourth-order valence-electron chi connectivity index (χ4n) is 3.05. The van der Waals surface area contributed by atoms with Gasteiger partial charge in [0, 0.05) is 17.8 Å². The van der Waals surface area contributed by atoms with Crippen LogP contribution in [0.25, 0.3) is 0 Å². The van der Waals surface area contributed by atoms with Gasteiger partial charge in [-0.05, 0) is 75.2 Å². The predicted molar refractivity (Wildman–Crippen MR) is 122 cm³/mol. The molecule has 148 valence electrons. The molecule has 2 aromatic rings. The van der Waals surface area contributed by atoms with Crippen molar-refractivity contribution in [2.75, 3.05) is 22.7 Å². The molecule has 1 aromatic heterocycles. The Morgan fingerprint density at radius 1 is 1.11 bits per heavy atom. The third-order valence-electron chi connectivity index (χ3n) is 4.92. The monoisotopic (exact) mass is 422 g/mol. The number of piperidine rings is 1. The number of hydrogen-bond donors (Lipinski definition) is 1. The van der Waals surface area contributed by atoms with E-state index in [1.807, 2.05) is 26.8 Å². The Kier molecular flexibility index (Phi) is 6.28. The Labute approximate surface area is 174 Å². The molecule has 1 saturated heterocycles. The molecule has 1 aromatic carbocycles. The molecular formula is C21H30N2OS3. The highest BCUT2D eigenvalue weighted by Crippen LogP contribution is 2.38. The van der Waals surface area contributed by atoms with E-state index < -0.39 is 10.8 Å². The average Bonchev–Trinajstić information content (AvgIpc) is 3.08. The van der Waals surface area contributed by atoms with Crippen molar-refractivity contribution < 1.29 is 4.21 Å². The molecule has 0 saturated carbocycles. The van der Waals surface area contributed by atoms with E-state index in [0.717, 1.165) is 27.2 Å². The molecule has 0 aliphatic carbocycles. The summed E-state index contributed by atoms with van der Waals surface area (Å²) in [6.07, 6.45) is 2.45. The van der Waals surface area contributed by atoms with E-state index in [4.69, 9.17) is 0 Å². The lowest BCUT2D eigenvalue weighted by atomic mass is 9.82. The number of para-hydroxylation sites is 2. The molecule has 0 bridgehead atoms. The molecule has 0 amide bonds. The number of nitrogens with zero attached hydrogens (tertiary/aromatic N) is 1. The molecule has 1 atom stereocenters. The van der Waals surface area contributed by atoms with Crippen molar-refractivity contribution in [2.24, 2.45) is 5.41 Å². The first-order chi connectivity index (χ1) is 12.7. The number of rotatable bonds is 5. The summed E-state index contributed by atoms with van der Waals surface area (Å²) in [4.78, 5) is 2.49. The highest BCUT2D eigenvalue weighted by Gasteiger charge is 2.26. The predicted octanol–water partition coefficient (Wildman–Crippen LogP) is 6.40. The zero-order valence-electron chi connectivity index (χ0n) is 16.9. The highest BCUT2D eigenvalue weighted by atomic mass is 32.2. The minimum Gasteiger partial charge on any atom is -0.370 e. The van der Waals surface area contributed by atoms with E-state index in [1.54, 1.807) is 23.3 Å². The van der Waals surface area contributed by atoms with Crippen molar-refractivity contribution in [1.82, 2.24) is 0 Å². The zero-order chi connectivity index (χ0) is 19.7. The van der Waals surface area contributed by atoms with Gasteiger partial charge in [0.2, 0.25) is 0 Å². The molecule has 1 unspecified atom stereocenters. The SMILES string of the molecule is CC1(C)CCN(c2ccccc2NSc2ccc(S(=O)C(C)(C)C)s2)CC1. The molecule has 2 heterocycles. The van der Waals surface area contributed by atoms with E-state index in [-0.39, 0.29) is 4.75 Å². The molecule has 1 N–H and O–H groups in total. The summed E-state index contributed by atoms with van der Waals surface area (Å²) in [7, 11) is -0.974. The van der Waals surface area contributed by atoms with E-state index in [2.05, 4.69) is 53.8 Å². The molecule has 0 spiro atoms. The van der Waals surface area contributed by atoms with Crippen LogP contribution in [0.1, 0.15) is 47.5 Å². The van der Waals surface area contributed by atoms with Crippen molar-refractivity contribution >= 4 is 45.5 Å². The summed E-state index contributed by atoms with van der Waals surface area (Å²) in [5.41, 5.74) is 2.87. The molecule has 27 heavy (non-hydrogen) atoms. The fraction of sp³-hybridized carbons (Fsp3) is 0.524. The van der Waals surface area contributed by atoms with Crippen LogP contribution < -0.4 is 9.62 Å². The highest BCUT2D eigenvalue weighted by molar-refractivity contribution is 8.02. The molecule has 3 rings (SSSR count). The van der Waals surface area contributed by atoms with Gasteiger partial charge in [-0.25, -0.2) is 0 Å². The van der Waals surface area contributed by atoms with Crippen LogP contribution in [0.5, 0.6) is 0 Å². The normalized spacial score (nSPS) is 18.3. The Bertz CT molecular complexity index is 798. The van der Waals surface area contributed by atoms with Crippen LogP contribution in [0.4, 0.5) is 11.4 Å². The van der Waals surface area contributed by atoms with Crippen molar-refractivity contribution in [3.63, 3.8) is 0 Å². The van der Waals surface area contributed by atoms with Gasteiger partial charge in [0.15, 0.2) is 0 Å². The minimum atomic E-state index is -0.974. The lowest BCUT2D eigenvalue weighted by Gasteiger charge is -2.38. The van der Waals surface area contributed by atoms with Gasteiger partial charge in [-0.3, -0.25) is 4.21 Å². The van der Waals surface area contributed by atoms with Crippen molar-refractivity contribution in [2.45, 2.75) is 60.6 Å². The summed E-state index contributed by atoms with van der Waals surface area (Å²) >= 11 is 3.22. The van der Waals surface area contributed by atoms with Gasteiger partial charge >= 0.3 is 0 Å². The van der Waals surface area contributed by atoms with Gasteiger partial charge in [0.1, 0.15) is 0 Å². The Morgan fingerprint density at radius 2 is 1.78 bits per heavy atom. The van der Waals surface area contributed by atoms with Crippen molar-refractivity contribution in [1.29, 1.82) is 0 Å². The van der Waals surface area contributed by atoms with Gasteiger partial charge < -0.3 is 9.62 Å². The van der Waals surface area contributed by atoms with Crippen LogP contribution in [-0.2, 0) is 10.8 Å². The van der Waals surface area contributed by atoms with E-state index in [0.29, 0.717) is 5.41 Å². The summed E-state index contributed by atoms with van der Waals surface area (Å²) in [5, 5.41) is 0. The average molecular weight is 423 g/mol. The second-order valence-corrected chi connectivity index (χ2v) is 13.5. The van der Waals surface area contributed by atoms with Crippen LogP contribution in [0, 0.1) is 5.41 Å². The molecule has 6 heteroatoms. The van der Waals surface area contributed by atoms with E-state index in [9.17, 15) is 4.21 Å². The van der Waals surface area contributed by atoms with E-state index >= 15 is 0 Å². The molecule has 1 aliphatic heterocycles. The lowest BCUT2D eigenvalue weighted by Crippen LogP contribution is -2.37. The third kappa shape index (κ3) is 5.30. The lowest BCUT2D eigenvalue weighted by molar-refractivity contribution is 0.280. The van der Waals surface area contributed by atoms with E-state index in [1.165, 1.54) is 18.5 Å². The fourth-order valence-corrected chi connectivity index (χ4v) is 6.88. The van der Waals surface area contributed by atoms with Crippen LogP contribution in [0.2, 0.25) is 0 Å². The second-order valence-electron chi connectivity index (χ2n) is 8.83. The topological polar surface area (TPSA) is 32.3 Å². The third-order valence-corrected chi connectivity index (χ3v) is 9.07. The number of anilines is 2. The van der Waals surface area contributed by atoms with Gasteiger partial charge in [0.05, 0.1) is 30.6 Å². The van der Waals surface area contributed by atoms with Crippen LogP contribution in [-0.4, -0.2) is 22.0 Å². The maximum atomic E-state index is 12.6. The Balaban J connectivity index is 1.67. The van der Waals surface area contributed by atoms with Gasteiger partial charge in [-0.2, -0.15) is 0 Å². The maximum Gasteiger partial charge on any atom is 0.0928 e. The minimum absolute atomic E-state index is 0.227. The van der Waals surface area contributed by atoms with Crippen LogP contribution >= 0.6 is 23.3 Å². The van der Waals surface area contributed by atoms with Crippen molar-refractivity contribution in [3.8, 4) is 0 Å². The Morgan fingerprint density at radius 3 is 2.44 bits per heavy atom. The summed E-state index contributed by atoms with van der Waals surface area (Å²) in [6.45, 7) is 13.0. The summed E-state index contributed by atoms with van der Waals surface area (Å²) in [5.74, 6) is 0. The zero-order valence-corrected chi connectivity index (χ0v) is 19.3. The smallest absolute Gasteiger partial charge is 0.0928 e. The number of hydrogen-bond acceptors (Lipinski definition) is 5. The maximum absolute atomic E-state index is 12.6. The van der Waals surface area contributed by atoms with Gasteiger partial charge in [-0.15, -0.1) is 11.3 Å². The molecule has 1 aliphatic rings. The summed E-state index contributed by atoms with van der Waals surface area (Å²) < 4.78 is 17.9. The van der Waals surface area contributed by atoms with Crippen LogP contribution in [0.3, 0.4) is 0 Å². The first-order valence-electron chi connectivity index (χ1n) is 9.44. The molecule has 1 fully saturated rings. The Hall–Kier alpha value is -0.980. The first-order valence-corrected chi connectivity index (χ1v) is 12.2. The standard InChI is InChI=1S/C21H30N2OS3/c1-20(2,3)27(24)19-11-10-18(25-19)26-22-16-8-6-7-9-17(16)23-14-12-21(4,5)13-15-23/h6-11,22H,12-15H2,1-5H3. The number of benzene rings is 1. The molecule has 3 nitrogen and oxygen atoms in total. The largest absolute Gasteiger partial charge is 0.370 e. The van der Waals surface area contributed by atoms with Crippen molar-refractivity contribution in [3.05, 3.63) is 36.4 Å². The molecule has 0 radical (unpaired) electrons. The summed E-state index contributed by atoms with van der Waals surface area (Å²) in [6, 6.07) is 12.6. The van der Waals surface area contributed by atoms with Crippen LogP contribution in [0.15, 0.2) is 44.8 Å². The quantitative estimate of drug-likeness (QED) is 0.565. The van der Waals surface area contributed by atoms with Gasteiger partial charge in [0.25, 0.3) is 0 Å². The first kappa shape index (κ1) is 20.7. The number of thiophene rings is 1. The number of nitrogens with one attached hydrogen (secondary N) is 1. The second kappa shape index (κ2) is 8.18. The van der Waals surface area contributed by atoms with Gasteiger partial charge in [-0.1, -0.05) is 26.0 Å².